The van der Waals surface area contributed by atoms with E-state index in [1.807, 2.05) is 6.07 Å². The maximum atomic E-state index is 9.89. The van der Waals surface area contributed by atoms with Crippen LogP contribution in [0.2, 0.25) is 0 Å². The minimum Gasteiger partial charge on any atom is -0.392 e. The summed E-state index contributed by atoms with van der Waals surface area (Å²) in [4.78, 5) is 3.11. The van der Waals surface area contributed by atoms with Crippen molar-refractivity contribution in [3.8, 4) is 17.2 Å². The van der Waals surface area contributed by atoms with Crippen LogP contribution in [-0.4, -0.2) is 20.3 Å². The molecule has 1 saturated carbocycles. The molecule has 1 aliphatic carbocycles. The third-order valence-electron chi connectivity index (χ3n) is 4.70. The predicted molar refractivity (Wildman–Crippen MR) is 88.6 cm³/mol. The largest absolute Gasteiger partial charge is 0.392 e. The lowest BCUT2D eigenvalue weighted by Gasteiger charge is -2.17. The van der Waals surface area contributed by atoms with Gasteiger partial charge < -0.3 is 26.0 Å². The second kappa shape index (κ2) is 6.75. The molecule has 0 atom stereocenters. The second-order valence-corrected chi connectivity index (χ2v) is 6.06. The normalized spacial score (nSPS) is 14.0. The average Bonchev–Trinajstić information content (AvgIpc) is 3.39. The number of aliphatic hydroxyl groups excluding tert-OH is 3. The van der Waals surface area contributed by atoms with E-state index in [0.717, 1.165) is 35.2 Å². The number of benzene rings is 1. The van der Waals surface area contributed by atoms with Gasteiger partial charge in [-0.25, -0.2) is 0 Å². The van der Waals surface area contributed by atoms with Gasteiger partial charge >= 0.3 is 0 Å². The van der Waals surface area contributed by atoms with Gasteiger partial charge in [0, 0.05) is 17.8 Å². The molecule has 3 rings (SSSR count). The van der Waals surface area contributed by atoms with E-state index in [9.17, 15) is 20.6 Å². The van der Waals surface area contributed by atoms with Crippen molar-refractivity contribution >= 4 is 0 Å². The number of aromatic amines is 1. The van der Waals surface area contributed by atoms with Gasteiger partial charge in [0.15, 0.2) is 0 Å². The SMILES string of the molecule is N#Cc1[nH]c(CN)c(-c2ccc(CO)c(CO)c2CO)c1C1CC1. The summed E-state index contributed by atoms with van der Waals surface area (Å²) in [5, 5.41) is 38.5. The molecule has 1 aromatic heterocycles. The Balaban J connectivity index is 2.30. The Bertz CT molecular complexity index is 801. The molecule has 2 aromatic rings. The zero-order chi connectivity index (χ0) is 17.3. The van der Waals surface area contributed by atoms with Crippen LogP contribution in [0.4, 0.5) is 0 Å². The Morgan fingerprint density at radius 1 is 1.12 bits per heavy atom. The molecular weight excluding hydrogens is 306 g/mol. The Hall–Kier alpha value is -2.17. The minimum atomic E-state index is -0.272. The third-order valence-corrected chi connectivity index (χ3v) is 4.70. The lowest BCUT2D eigenvalue weighted by molar-refractivity contribution is 0.248. The van der Waals surface area contributed by atoms with Crippen LogP contribution in [-0.2, 0) is 26.4 Å². The highest BCUT2D eigenvalue weighted by atomic mass is 16.3. The summed E-state index contributed by atoms with van der Waals surface area (Å²) in [6, 6.07) is 5.78. The molecule has 1 aliphatic rings. The number of nitrogens with one attached hydrogen (secondary N) is 1. The molecule has 0 bridgehead atoms. The zero-order valence-corrected chi connectivity index (χ0v) is 13.3. The van der Waals surface area contributed by atoms with Crippen LogP contribution in [0.1, 0.15) is 52.4 Å². The molecule has 1 fully saturated rings. The van der Waals surface area contributed by atoms with E-state index in [1.54, 1.807) is 6.07 Å². The van der Waals surface area contributed by atoms with Crippen LogP contribution in [0.25, 0.3) is 11.1 Å². The summed E-state index contributed by atoms with van der Waals surface area (Å²) in [7, 11) is 0. The monoisotopic (exact) mass is 327 g/mol. The molecule has 0 aliphatic heterocycles. The summed E-state index contributed by atoms with van der Waals surface area (Å²) in [6.07, 6.45) is 2.05. The van der Waals surface area contributed by atoms with Crippen LogP contribution >= 0.6 is 0 Å². The molecule has 24 heavy (non-hydrogen) atoms. The van der Waals surface area contributed by atoms with Crippen molar-refractivity contribution in [3.05, 3.63) is 45.8 Å². The minimum absolute atomic E-state index is 0.209. The molecule has 1 aromatic carbocycles. The Morgan fingerprint density at radius 2 is 1.83 bits per heavy atom. The van der Waals surface area contributed by atoms with Crippen molar-refractivity contribution in [1.82, 2.24) is 4.98 Å². The van der Waals surface area contributed by atoms with Crippen LogP contribution in [0, 0.1) is 11.3 Å². The highest BCUT2D eigenvalue weighted by Crippen LogP contribution is 2.48. The van der Waals surface area contributed by atoms with Crippen LogP contribution in [0.15, 0.2) is 12.1 Å². The fourth-order valence-electron chi connectivity index (χ4n) is 3.40. The number of nitriles is 1. The van der Waals surface area contributed by atoms with E-state index in [0.29, 0.717) is 28.3 Å². The van der Waals surface area contributed by atoms with Crippen LogP contribution in [0.3, 0.4) is 0 Å². The maximum Gasteiger partial charge on any atom is 0.121 e. The van der Waals surface area contributed by atoms with E-state index in [-0.39, 0.29) is 26.4 Å². The first-order chi connectivity index (χ1) is 11.7. The summed E-state index contributed by atoms with van der Waals surface area (Å²) in [5.41, 5.74) is 11.4. The molecule has 126 valence electrons. The van der Waals surface area contributed by atoms with Crippen molar-refractivity contribution in [1.29, 1.82) is 5.26 Å². The number of hydrogen-bond donors (Lipinski definition) is 5. The van der Waals surface area contributed by atoms with Gasteiger partial charge in [0.25, 0.3) is 0 Å². The van der Waals surface area contributed by atoms with E-state index in [1.165, 1.54) is 0 Å². The lowest BCUT2D eigenvalue weighted by Crippen LogP contribution is -2.05. The Kier molecular flexibility index (Phi) is 4.69. The molecule has 0 radical (unpaired) electrons. The zero-order valence-electron chi connectivity index (χ0n) is 13.3. The van der Waals surface area contributed by atoms with E-state index in [4.69, 9.17) is 5.73 Å². The third kappa shape index (κ3) is 2.62. The first-order valence-electron chi connectivity index (χ1n) is 8.01. The first kappa shape index (κ1) is 16.7. The molecule has 0 saturated heterocycles. The Labute approximate surface area is 140 Å². The fourth-order valence-corrected chi connectivity index (χ4v) is 3.40. The Morgan fingerprint density at radius 3 is 2.33 bits per heavy atom. The molecule has 6 heteroatoms. The van der Waals surface area contributed by atoms with Gasteiger partial charge in [-0.2, -0.15) is 5.26 Å². The van der Waals surface area contributed by atoms with Crippen molar-refractivity contribution in [3.63, 3.8) is 0 Å². The highest BCUT2D eigenvalue weighted by molar-refractivity contribution is 5.78. The topological polar surface area (TPSA) is 126 Å². The van der Waals surface area contributed by atoms with Crippen molar-refractivity contribution in [2.45, 2.75) is 45.1 Å². The standard InChI is InChI=1S/C18H21N3O3/c19-5-15-17(10-1-2-10)18(16(6-20)21-15)12-4-3-11(7-22)13(8-23)14(12)9-24/h3-4,10,21-24H,1-2,6-9,20H2. The molecule has 0 amide bonds. The average molecular weight is 327 g/mol. The summed E-state index contributed by atoms with van der Waals surface area (Å²) < 4.78 is 0. The van der Waals surface area contributed by atoms with E-state index >= 15 is 0 Å². The maximum absolute atomic E-state index is 9.89. The second-order valence-electron chi connectivity index (χ2n) is 6.06. The molecule has 0 spiro atoms. The molecule has 6 nitrogen and oxygen atoms in total. The van der Waals surface area contributed by atoms with E-state index in [2.05, 4.69) is 11.1 Å². The van der Waals surface area contributed by atoms with Gasteiger partial charge in [0.2, 0.25) is 0 Å². The van der Waals surface area contributed by atoms with Crippen LogP contribution in [0.5, 0.6) is 0 Å². The summed E-state index contributed by atoms with van der Waals surface area (Å²) in [6.45, 7) is -0.497. The number of nitrogens with two attached hydrogens (primary N) is 1. The van der Waals surface area contributed by atoms with Crippen LogP contribution < -0.4 is 5.73 Å². The van der Waals surface area contributed by atoms with Crippen molar-refractivity contribution in [2.24, 2.45) is 5.73 Å². The van der Waals surface area contributed by atoms with Gasteiger partial charge in [-0.05, 0) is 46.6 Å². The molecule has 0 unspecified atom stereocenters. The molecular formula is C18H21N3O3. The fraction of sp³-hybridized carbons (Fsp3) is 0.389. The smallest absolute Gasteiger partial charge is 0.121 e. The quantitative estimate of drug-likeness (QED) is 0.548. The molecule has 6 N–H and O–H groups in total. The summed E-state index contributed by atoms with van der Waals surface area (Å²) >= 11 is 0. The van der Waals surface area contributed by atoms with Crippen molar-refractivity contribution < 1.29 is 15.3 Å². The predicted octanol–water partition coefficient (Wildman–Crippen LogP) is 1.37. The van der Waals surface area contributed by atoms with Gasteiger partial charge in [0.1, 0.15) is 11.8 Å². The van der Waals surface area contributed by atoms with Gasteiger partial charge in [-0.3, -0.25) is 0 Å². The van der Waals surface area contributed by atoms with Gasteiger partial charge in [-0.1, -0.05) is 12.1 Å². The number of H-pyrrole nitrogens is 1. The number of aromatic nitrogens is 1. The lowest BCUT2D eigenvalue weighted by atomic mass is 9.89. The highest BCUT2D eigenvalue weighted by Gasteiger charge is 2.33. The van der Waals surface area contributed by atoms with Gasteiger partial charge in [-0.15, -0.1) is 0 Å². The first-order valence-corrected chi connectivity index (χ1v) is 8.01. The molecule has 1 heterocycles. The number of aliphatic hydroxyl groups is 3. The van der Waals surface area contributed by atoms with E-state index < -0.39 is 0 Å². The summed E-state index contributed by atoms with van der Waals surface area (Å²) in [5.74, 6) is 0.327. The van der Waals surface area contributed by atoms with Crippen molar-refractivity contribution in [2.75, 3.05) is 0 Å². The number of hydrogen-bond acceptors (Lipinski definition) is 5. The van der Waals surface area contributed by atoms with Gasteiger partial charge in [0.05, 0.1) is 19.8 Å². The number of nitrogens with zero attached hydrogens (tertiary/aromatic N) is 1. The number of rotatable bonds is 6.